The molecule has 6 heterocycles. The third-order valence-corrected chi connectivity index (χ3v) is 14.5. The Morgan fingerprint density at radius 3 is 1.41 bits per heavy atom. The first kappa shape index (κ1) is 65.9. The zero-order valence-electron chi connectivity index (χ0n) is 43.6. The lowest BCUT2D eigenvalue weighted by Crippen LogP contribution is -2.72. The fourth-order valence-electron chi connectivity index (χ4n) is 10.3. The molecule has 0 aromatic carbocycles. The Labute approximate surface area is 454 Å². The van der Waals surface area contributed by atoms with Crippen molar-refractivity contribution in [3.8, 4) is 0 Å². The predicted octanol–water partition coefficient (Wildman–Crippen LogP) is -12.4. The first-order valence-corrected chi connectivity index (χ1v) is 25.4. The van der Waals surface area contributed by atoms with E-state index in [2.05, 4.69) is 16.0 Å². The maximum atomic E-state index is 13.3. The molecule has 35 heteroatoms. The monoisotopic (exact) mass is 1170 g/mol. The Bertz CT molecular complexity index is 2060. The highest BCUT2D eigenvalue weighted by atomic mass is 16.8. The number of rotatable bonds is 20. The molecular formula is C45H75N3O32. The van der Waals surface area contributed by atoms with Crippen molar-refractivity contribution in [3.63, 3.8) is 0 Å². The molecule has 0 aromatic rings. The largest absolute Gasteiger partial charge is 0.477 e. The van der Waals surface area contributed by atoms with Crippen molar-refractivity contribution in [1.82, 2.24) is 16.0 Å². The van der Waals surface area contributed by atoms with Gasteiger partial charge in [0.05, 0.1) is 50.8 Å². The van der Waals surface area contributed by atoms with Crippen LogP contribution >= 0.6 is 0 Å². The fourth-order valence-corrected chi connectivity index (χ4v) is 10.3. The highest BCUT2D eigenvalue weighted by Gasteiger charge is 2.62. The number of hydrogen-bond donors (Lipinski definition) is 20. The van der Waals surface area contributed by atoms with Gasteiger partial charge in [-0.1, -0.05) is 0 Å². The van der Waals surface area contributed by atoms with Crippen LogP contribution in [-0.4, -0.2) is 327 Å². The van der Waals surface area contributed by atoms with Gasteiger partial charge < -0.3 is 155 Å². The minimum atomic E-state index is -3.25. The Morgan fingerprint density at radius 1 is 0.512 bits per heavy atom. The van der Waals surface area contributed by atoms with Crippen molar-refractivity contribution in [1.29, 1.82) is 0 Å². The fraction of sp³-hybridized carbons (Fsp3) is 0.911. The number of carbonyl (C=O) groups excluding carboxylic acids is 3. The van der Waals surface area contributed by atoms with Gasteiger partial charge in [-0.05, 0) is 13.8 Å². The van der Waals surface area contributed by atoms with Crippen molar-refractivity contribution in [2.45, 2.75) is 231 Å². The molecule has 0 unspecified atom stereocenters. The van der Waals surface area contributed by atoms with Crippen molar-refractivity contribution in [3.05, 3.63) is 0 Å². The highest BCUT2D eigenvalue weighted by Crippen LogP contribution is 2.41. The average molecular weight is 1170 g/mol. The van der Waals surface area contributed by atoms with Crippen LogP contribution in [0.5, 0.6) is 0 Å². The van der Waals surface area contributed by atoms with E-state index < -0.39 is 246 Å². The Morgan fingerprint density at radius 2 is 0.938 bits per heavy atom. The van der Waals surface area contributed by atoms with Crippen molar-refractivity contribution < 1.29 is 158 Å². The molecule has 0 aromatic heterocycles. The summed E-state index contributed by atoms with van der Waals surface area (Å²) in [4.78, 5) is 51.2. The quantitative estimate of drug-likeness (QED) is 0.0538. The summed E-state index contributed by atoms with van der Waals surface area (Å²) in [6, 6.07) is -5.33. The van der Waals surface area contributed by atoms with E-state index in [1.807, 2.05) is 0 Å². The smallest absolute Gasteiger partial charge is 0.364 e. The lowest BCUT2D eigenvalue weighted by molar-refractivity contribution is -0.398. The van der Waals surface area contributed by atoms with Gasteiger partial charge in [0.2, 0.25) is 17.7 Å². The number of ether oxygens (including phenoxy) is 11. The van der Waals surface area contributed by atoms with Gasteiger partial charge in [-0.2, -0.15) is 0 Å². The number of amides is 3. The van der Waals surface area contributed by atoms with Crippen LogP contribution in [0.3, 0.4) is 0 Å². The van der Waals surface area contributed by atoms with E-state index in [-0.39, 0.29) is 0 Å². The molecule has 3 amide bonds. The van der Waals surface area contributed by atoms with Gasteiger partial charge in [0.1, 0.15) is 128 Å². The number of aliphatic hydroxyl groups is 16. The van der Waals surface area contributed by atoms with E-state index in [1.54, 1.807) is 0 Å². The van der Waals surface area contributed by atoms with Crippen LogP contribution in [0.15, 0.2) is 0 Å². The van der Waals surface area contributed by atoms with Crippen LogP contribution in [0.25, 0.3) is 0 Å². The summed E-state index contributed by atoms with van der Waals surface area (Å²) < 4.78 is 65.4. The highest BCUT2D eigenvalue weighted by molar-refractivity contribution is 5.77. The summed E-state index contributed by atoms with van der Waals surface area (Å²) in [5, 5.41) is 192. The number of hydrogen-bond acceptors (Lipinski definition) is 31. The van der Waals surface area contributed by atoms with Gasteiger partial charge in [0, 0.05) is 27.2 Å². The Kier molecular flexibility index (Phi) is 22.8. The van der Waals surface area contributed by atoms with Crippen LogP contribution in [0, 0.1) is 0 Å². The minimum Gasteiger partial charge on any atom is -0.477 e. The third-order valence-electron chi connectivity index (χ3n) is 14.5. The lowest BCUT2D eigenvalue weighted by Gasteiger charge is -2.53. The van der Waals surface area contributed by atoms with Gasteiger partial charge in [-0.25, -0.2) is 4.79 Å². The van der Waals surface area contributed by atoms with Crippen molar-refractivity contribution in [2.24, 2.45) is 0 Å². The van der Waals surface area contributed by atoms with Gasteiger partial charge in [-0.15, -0.1) is 0 Å². The topological polar surface area (TPSA) is 550 Å². The molecule has 0 aliphatic carbocycles. The number of carboxylic acid groups (broad SMARTS) is 1. The van der Waals surface area contributed by atoms with E-state index in [0.717, 1.165) is 20.8 Å². The molecule has 6 aliphatic rings. The molecule has 0 radical (unpaired) electrons. The van der Waals surface area contributed by atoms with Crippen LogP contribution in [0.1, 0.15) is 41.0 Å². The second-order valence-corrected chi connectivity index (χ2v) is 20.4. The first-order chi connectivity index (χ1) is 37.5. The first-order valence-electron chi connectivity index (χ1n) is 25.4. The summed E-state index contributed by atoms with van der Waals surface area (Å²) in [5.41, 5.74) is 0. The van der Waals surface area contributed by atoms with Gasteiger partial charge in [-0.3, -0.25) is 14.4 Å². The second-order valence-electron chi connectivity index (χ2n) is 20.4. The molecule has 6 fully saturated rings. The zero-order chi connectivity index (χ0) is 59.6. The lowest BCUT2D eigenvalue weighted by atomic mass is 9.88. The number of carbonyl (C=O) groups is 4. The molecule has 80 heavy (non-hydrogen) atoms. The standard InChI is InChI=1S/C45H75N3O32/c1-11-24(58)28(62)30(64)41(70-11)77-36-22(47-14(4)54)39(67)72-19(9-51)33(36)75-40-23(48-15(5)55)37(78-42-31(65)29(63)25(59)12(2)71-42)34(20(10-52)74-40)76-43-32(66)38(27(61)18(8-50)73-43)80-45(44(68)69)6-16(56)21(46-13(3)53)35(79-45)26(60)17(57)7-49/h11-12,16-43,49-52,56-67H,6-10H2,1-5H3,(H,46,53)(H,47,54)(H,48,55)(H,68,69)/t11-,12-,16-,17+,18+,19+,20+,21+,22+,23+,24+,25+,26+,27-,28+,29+,30-,31-,32+,33+,34+,35+,36+,37+,38-,39+,40-,41-,42-,43-,45-/m0/s1. The summed E-state index contributed by atoms with van der Waals surface area (Å²) in [6.45, 7) is 0.984. The van der Waals surface area contributed by atoms with E-state index in [0.29, 0.717) is 0 Å². The maximum absolute atomic E-state index is 13.3. The van der Waals surface area contributed by atoms with Crippen LogP contribution in [-0.2, 0) is 71.3 Å². The summed E-state index contributed by atoms with van der Waals surface area (Å²) in [7, 11) is 0. The number of nitrogens with one attached hydrogen (secondary N) is 3. The van der Waals surface area contributed by atoms with E-state index >= 15 is 0 Å². The number of carboxylic acids is 1. The van der Waals surface area contributed by atoms with Crippen LogP contribution in [0.4, 0.5) is 0 Å². The molecule has 6 rings (SSSR count). The Hall–Kier alpha value is -3.20. The molecule has 462 valence electrons. The molecule has 0 spiro atoms. The van der Waals surface area contributed by atoms with Crippen LogP contribution in [0.2, 0.25) is 0 Å². The van der Waals surface area contributed by atoms with Gasteiger partial charge in [0.15, 0.2) is 31.5 Å². The maximum Gasteiger partial charge on any atom is 0.364 e. The molecule has 31 atom stereocenters. The van der Waals surface area contributed by atoms with Gasteiger partial charge >= 0.3 is 5.97 Å². The molecule has 6 saturated heterocycles. The molecular weight excluding hydrogens is 1090 g/mol. The number of aliphatic hydroxyl groups excluding tert-OH is 16. The van der Waals surface area contributed by atoms with E-state index in [4.69, 9.17) is 52.1 Å². The summed E-state index contributed by atoms with van der Waals surface area (Å²) >= 11 is 0. The van der Waals surface area contributed by atoms with E-state index in [9.17, 15) is 106 Å². The van der Waals surface area contributed by atoms with Crippen molar-refractivity contribution in [2.75, 3.05) is 26.4 Å². The normalized spacial score (nSPS) is 47.1. The van der Waals surface area contributed by atoms with Gasteiger partial charge in [0.25, 0.3) is 5.79 Å². The van der Waals surface area contributed by atoms with Crippen LogP contribution < -0.4 is 16.0 Å². The minimum absolute atomic E-state index is 0.818. The molecule has 6 aliphatic heterocycles. The summed E-state index contributed by atoms with van der Waals surface area (Å²) in [6.07, 6.45) is -54.6. The van der Waals surface area contributed by atoms with Crippen molar-refractivity contribution >= 4 is 23.7 Å². The predicted molar refractivity (Wildman–Crippen MR) is 248 cm³/mol. The molecule has 0 saturated carbocycles. The average Bonchev–Trinajstić information content (AvgIpc) is 3.61. The molecule has 0 bridgehead atoms. The summed E-state index contributed by atoms with van der Waals surface area (Å²) in [5.74, 6) is -7.95. The van der Waals surface area contributed by atoms with E-state index in [1.165, 1.54) is 13.8 Å². The molecule has 20 N–H and O–H groups in total. The zero-order valence-corrected chi connectivity index (χ0v) is 43.6. The second kappa shape index (κ2) is 27.7. The molecule has 35 nitrogen and oxygen atoms in total. The Balaban J connectivity index is 1.42. The third kappa shape index (κ3) is 14.1. The number of aliphatic carboxylic acids is 1. The SMILES string of the molecule is CC(=O)N[C@@H]1[C@@H](O[C@@H]2O[C@@H](C)[C@@H](O)[C@@H](O)[C@@H]2O)[C@H](O[C@@H]2O[C@H](CO)[C@@H](O[C@@H]3O[C@H](CO)[C@H](O)[C@H](O[C@]4(C(=O)O)C[C@H](O)[C@@H](NC(C)=O)[C@H]([C@H](O)[C@H](O)CO)O4)[C@H]3O)[C@H](O[C@@H]3O[C@@H](C)[C@@H](O)[C@@H](O)[C@@H]3O)[C@H]2NC(C)=O)[C@@H](CO)O[C@H]1O.